The molecule has 0 unspecified atom stereocenters. The van der Waals surface area contributed by atoms with Gasteiger partial charge >= 0.3 is 5.97 Å². The number of ether oxygens (including phenoxy) is 2. The van der Waals surface area contributed by atoms with E-state index >= 15 is 0 Å². The van der Waals surface area contributed by atoms with Crippen LogP contribution >= 0.6 is 11.6 Å². The predicted octanol–water partition coefficient (Wildman–Crippen LogP) is 4.19. The fourth-order valence-corrected chi connectivity index (χ4v) is 2.49. The summed E-state index contributed by atoms with van der Waals surface area (Å²) in [6, 6.07) is 11.6. The highest BCUT2D eigenvalue weighted by Gasteiger charge is 2.12. The minimum atomic E-state index is -0.672. The van der Waals surface area contributed by atoms with Crippen molar-refractivity contribution in [1.82, 2.24) is 0 Å². The maximum atomic E-state index is 12.1. The number of anilines is 1. The van der Waals surface area contributed by atoms with Gasteiger partial charge in [0.2, 0.25) is 5.91 Å². The number of esters is 1. The van der Waals surface area contributed by atoms with E-state index in [2.05, 4.69) is 5.32 Å². The van der Waals surface area contributed by atoms with Gasteiger partial charge in [0.1, 0.15) is 5.75 Å². The molecular formula is C21H22ClNO5. The number of ketones is 1. The first-order valence-corrected chi connectivity index (χ1v) is 9.24. The van der Waals surface area contributed by atoms with Gasteiger partial charge in [0, 0.05) is 17.7 Å². The number of rotatable bonds is 9. The van der Waals surface area contributed by atoms with Gasteiger partial charge in [-0.2, -0.15) is 0 Å². The zero-order chi connectivity index (χ0) is 20.5. The topological polar surface area (TPSA) is 81.7 Å². The third-order valence-electron chi connectivity index (χ3n) is 3.76. The summed E-state index contributed by atoms with van der Waals surface area (Å²) in [6.07, 6.45) is 1.19. The van der Waals surface area contributed by atoms with E-state index in [0.29, 0.717) is 28.4 Å². The van der Waals surface area contributed by atoms with E-state index in [1.165, 1.54) is 0 Å². The van der Waals surface area contributed by atoms with E-state index in [1.807, 2.05) is 19.9 Å². The number of hydrogen-bond donors (Lipinski definition) is 1. The van der Waals surface area contributed by atoms with Gasteiger partial charge in [0.15, 0.2) is 19.0 Å². The summed E-state index contributed by atoms with van der Waals surface area (Å²) in [5, 5.41) is 3.13. The molecule has 6 nitrogen and oxygen atoms in total. The second kappa shape index (κ2) is 10.5. The Balaban J connectivity index is 1.80. The van der Waals surface area contributed by atoms with Crippen LogP contribution in [0, 0.1) is 6.92 Å². The van der Waals surface area contributed by atoms with Crippen LogP contribution in [-0.2, 0) is 14.3 Å². The molecule has 28 heavy (non-hydrogen) atoms. The molecule has 2 aromatic carbocycles. The molecule has 0 aliphatic heterocycles. The number of carbonyl (C=O) groups is 3. The molecule has 0 saturated carbocycles. The first-order valence-electron chi connectivity index (χ1n) is 8.86. The quantitative estimate of drug-likeness (QED) is 0.501. The van der Waals surface area contributed by atoms with Crippen molar-refractivity contribution in [2.45, 2.75) is 26.7 Å². The van der Waals surface area contributed by atoms with Gasteiger partial charge in [-0.25, -0.2) is 4.79 Å². The molecule has 2 rings (SSSR count). The Labute approximate surface area is 168 Å². The van der Waals surface area contributed by atoms with Crippen LogP contribution in [0.2, 0.25) is 5.02 Å². The first-order chi connectivity index (χ1) is 13.4. The summed E-state index contributed by atoms with van der Waals surface area (Å²) in [7, 11) is 0. The Morgan fingerprint density at radius 1 is 1.04 bits per heavy atom. The van der Waals surface area contributed by atoms with Crippen LogP contribution in [0.15, 0.2) is 42.5 Å². The Morgan fingerprint density at radius 2 is 1.75 bits per heavy atom. The molecule has 0 aromatic heterocycles. The lowest BCUT2D eigenvalue weighted by molar-refractivity contribution is -0.144. The van der Waals surface area contributed by atoms with Crippen LogP contribution in [0.4, 0.5) is 5.69 Å². The number of benzene rings is 2. The van der Waals surface area contributed by atoms with Crippen molar-refractivity contribution >= 4 is 34.9 Å². The van der Waals surface area contributed by atoms with Gasteiger partial charge in [-0.1, -0.05) is 24.6 Å². The molecule has 0 heterocycles. The number of hydrogen-bond acceptors (Lipinski definition) is 5. The SMILES string of the molecule is CCCC(=O)Nc1ccc(C(=O)COC(=O)COc2cc(C)ccc2Cl)cc1. The Hall–Kier alpha value is -2.86. The highest BCUT2D eigenvalue weighted by molar-refractivity contribution is 6.32. The fraction of sp³-hybridized carbons (Fsp3) is 0.286. The van der Waals surface area contributed by atoms with Crippen LogP contribution in [0.5, 0.6) is 5.75 Å². The summed E-state index contributed by atoms with van der Waals surface area (Å²) >= 11 is 5.99. The van der Waals surface area contributed by atoms with E-state index < -0.39 is 12.6 Å². The molecule has 7 heteroatoms. The van der Waals surface area contributed by atoms with Crippen molar-refractivity contribution in [1.29, 1.82) is 0 Å². The molecule has 148 valence electrons. The predicted molar refractivity (Wildman–Crippen MR) is 107 cm³/mol. The van der Waals surface area contributed by atoms with Crippen LogP contribution in [0.3, 0.4) is 0 Å². The van der Waals surface area contributed by atoms with E-state index in [9.17, 15) is 14.4 Å². The Morgan fingerprint density at radius 3 is 2.43 bits per heavy atom. The summed E-state index contributed by atoms with van der Waals surface area (Å²) in [5.41, 5.74) is 1.93. The number of Topliss-reactive ketones (excluding diaryl/α,β-unsaturated/α-hetero) is 1. The van der Waals surface area contributed by atoms with Gasteiger partial charge in [-0.15, -0.1) is 0 Å². The molecule has 0 radical (unpaired) electrons. The van der Waals surface area contributed by atoms with Crippen molar-refractivity contribution in [3.8, 4) is 5.75 Å². The molecule has 1 amide bonds. The van der Waals surface area contributed by atoms with Gasteiger partial charge in [0.25, 0.3) is 0 Å². The number of nitrogens with one attached hydrogen (secondary N) is 1. The maximum absolute atomic E-state index is 12.1. The molecule has 0 atom stereocenters. The molecule has 0 bridgehead atoms. The number of aryl methyl sites for hydroxylation is 1. The Kier molecular flexibility index (Phi) is 8.02. The smallest absolute Gasteiger partial charge is 0.344 e. The summed E-state index contributed by atoms with van der Waals surface area (Å²) < 4.78 is 10.3. The summed E-state index contributed by atoms with van der Waals surface area (Å²) in [5.74, 6) is -0.724. The molecule has 0 aliphatic carbocycles. The van der Waals surface area contributed by atoms with E-state index in [1.54, 1.807) is 36.4 Å². The molecule has 0 spiro atoms. The maximum Gasteiger partial charge on any atom is 0.344 e. The summed E-state index contributed by atoms with van der Waals surface area (Å²) in [6.45, 7) is 3.05. The second-order valence-corrected chi connectivity index (χ2v) is 6.59. The Bertz CT molecular complexity index is 848. The molecular weight excluding hydrogens is 382 g/mol. The van der Waals surface area contributed by atoms with Crippen molar-refractivity contribution < 1.29 is 23.9 Å². The monoisotopic (exact) mass is 403 g/mol. The van der Waals surface area contributed by atoms with E-state index in [-0.39, 0.29) is 18.3 Å². The van der Waals surface area contributed by atoms with E-state index in [0.717, 1.165) is 12.0 Å². The van der Waals surface area contributed by atoms with Gasteiger partial charge in [-0.05, 0) is 55.3 Å². The highest BCUT2D eigenvalue weighted by atomic mass is 35.5. The largest absolute Gasteiger partial charge is 0.480 e. The van der Waals surface area contributed by atoms with Crippen LogP contribution in [-0.4, -0.2) is 30.9 Å². The third kappa shape index (κ3) is 6.70. The normalized spacial score (nSPS) is 10.2. The van der Waals surface area contributed by atoms with Crippen molar-refractivity contribution in [2.75, 3.05) is 18.5 Å². The minimum Gasteiger partial charge on any atom is -0.480 e. The van der Waals surface area contributed by atoms with Crippen LogP contribution in [0.25, 0.3) is 0 Å². The van der Waals surface area contributed by atoms with Gasteiger partial charge in [0.05, 0.1) is 5.02 Å². The minimum absolute atomic E-state index is 0.0794. The first kappa shape index (κ1) is 21.4. The zero-order valence-corrected chi connectivity index (χ0v) is 16.5. The highest BCUT2D eigenvalue weighted by Crippen LogP contribution is 2.25. The number of amides is 1. The van der Waals surface area contributed by atoms with Crippen LogP contribution < -0.4 is 10.1 Å². The molecule has 1 N–H and O–H groups in total. The molecule has 2 aromatic rings. The zero-order valence-electron chi connectivity index (χ0n) is 15.8. The standard InChI is InChI=1S/C21H22ClNO5/c1-3-4-20(25)23-16-8-6-15(7-9-16)18(24)12-28-21(26)13-27-19-11-14(2)5-10-17(19)22/h5-11H,3-4,12-13H2,1-2H3,(H,23,25). The molecule has 0 saturated heterocycles. The van der Waals surface area contributed by atoms with E-state index in [4.69, 9.17) is 21.1 Å². The molecule has 0 aliphatic rings. The lowest BCUT2D eigenvalue weighted by Gasteiger charge is -2.09. The van der Waals surface area contributed by atoms with Gasteiger partial charge in [-0.3, -0.25) is 9.59 Å². The molecule has 0 fully saturated rings. The number of halogens is 1. The van der Waals surface area contributed by atoms with Crippen molar-refractivity contribution in [2.24, 2.45) is 0 Å². The van der Waals surface area contributed by atoms with Crippen molar-refractivity contribution in [3.63, 3.8) is 0 Å². The average molecular weight is 404 g/mol. The second-order valence-electron chi connectivity index (χ2n) is 6.18. The number of carbonyl (C=O) groups excluding carboxylic acids is 3. The lowest BCUT2D eigenvalue weighted by atomic mass is 10.1. The van der Waals surface area contributed by atoms with Gasteiger partial charge < -0.3 is 14.8 Å². The average Bonchev–Trinajstić information content (AvgIpc) is 2.67. The lowest BCUT2D eigenvalue weighted by Crippen LogP contribution is -2.19. The third-order valence-corrected chi connectivity index (χ3v) is 4.08. The van der Waals surface area contributed by atoms with Crippen LogP contribution in [0.1, 0.15) is 35.7 Å². The van der Waals surface area contributed by atoms with Crippen molar-refractivity contribution in [3.05, 3.63) is 58.6 Å². The fourth-order valence-electron chi connectivity index (χ4n) is 2.32. The summed E-state index contributed by atoms with van der Waals surface area (Å²) in [4.78, 5) is 35.5.